The van der Waals surface area contributed by atoms with Crippen LogP contribution in [0.3, 0.4) is 0 Å². The summed E-state index contributed by atoms with van der Waals surface area (Å²) >= 11 is 0. The third-order valence-corrected chi connectivity index (χ3v) is 2.50. The van der Waals surface area contributed by atoms with Crippen molar-refractivity contribution < 1.29 is 0 Å². The lowest BCUT2D eigenvalue weighted by Crippen LogP contribution is -2.41. The molecule has 0 aromatic heterocycles. The lowest BCUT2D eigenvalue weighted by atomic mass is 9.92. The molecule has 1 saturated heterocycles. The maximum absolute atomic E-state index is 4.59. The highest BCUT2D eigenvalue weighted by Crippen LogP contribution is 2.26. The van der Waals surface area contributed by atoms with Crippen LogP contribution < -0.4 is 0 Å². The van der Waals surface area contributed by atoms with Gasteiger partial charge < -0.3 is 4.90 Å². The summed E-state index contributed by atoms with van der Waals surface area (Å²) in [6.07, 6.45) is 2.53. The van der Waals surface area contributed by atoms with Crippen LogP contribution in [-0.2, 0) is 0 Å². The van der Waals surface area contributed by atoms with Crippen molar-refractivity contribution in [3.05, 3.63) is 0 Å². The zero-order valence-corrected chi connectivity index (χ0v) is 7.43. The highest BCUT2D eigenvalue weighted by Gasteiger charge is 2.30. The van der Waals surface area contributed by atoms with E-state index < -0.39 is 0 Å². The van der Waals surface area contributed by atoms with Crippen molar-refractivity contribution in [1.82, 2.24) is 4.90 Å². The average Bonchev–Trinajstić information content (AvgIpc) is 2.31. The van der Waals surface area contributed by atoms with E-state index in [2.05, 4.69) is 23.7 Å². The molecule has 0 spiro atoms. The van der Waals surface area contributed by atoms with E-state index in [4.69, 9.17) is 0 Å². The number of fused-ring (bicyclic) bond motifs is 1. The summed E-state index contributed by atoms with van der Waals surface area (Å²) in [5.41, 5.74) is 0.411. The molecule has 2 nitrogen and oxygen atoms in total. The smallest absolute Gasteiger partial charge is 0.0990 e. The molecule has 2 rings (SSSR count). The van der Waals surface area contributed by atoms with Crippen molar-refractivity contribution in [2.45, 2.75) is 26.7 Å². The molecule has 0 N–H and O–H groups in total. The lowest BCUT2D eigenvalue weighted by Gasteiger charge is -2.34. The summed E-state index contributed by atoms with van der Waals surface area (Å²) in [4.78, 5) is 7.03. The molecule has 2 heteroatoms. The molecule has 2 aliphatic rings. The Kier molecular flexibility index (Phi) is 1.44. The molecule has 0 aromatic carbocycles. The minimum absolute atomic E-state index is 0.411. The van der Waals surface area contributed by atoms with Gasteiger partial charge >= 0.3 is 0 Å². The fourth-order valence-electron chi connectivity index (χ4n) is 1.94. The largest absolute Gasteiger partial charge is 0.360 e. The minimum Gasteiger partial charge on any atom is -0.360 e. The van der Waals surface area contributed by atoms with Crippen LogP contribution in [0, 0.1) is 5.41 Å². The zero-order chi connectivity index (χ0) is 7.90. The van der Waals surface area contributed by atoms with Crippen molar-refractivity contribution in [1.29, 1.82) is 0 Å². The predicted molar refractivity (Wildman–Crippen MR) is 46.9 cm³/mol. The molecule has 0 bridgehead atoms. The van der Waals surface area contributed by atoms with E-state index in [1.807, 2.05) is 0 Å². The average molecular weight is 152 g/mol. The van der Waals surface area contributed by atoms with Gasteiger partial charge in [0.2, 0.25) is 0 Å². The van der Waals surface area contributed by atoms with E-state index in [0.717, 1.165) is 6.54 Å². The van der Waals surface area contributed by atoms with E-state index in [9.17, 15) is 0 Å². The zero-order valence-electron chi connectivity index (χ0n) is 7.43. The van der Waals surface area contributed by atoms with Crippen molar-refractivity contribution in [2.24, 2.45) is 10.4 Å². The molecule has 1 fully saturated rings. The lowest BCUT2D eigenvalue weighted by molar-refractivity contribution is 0.253. The van der Waals surface area contributed by atoms with Gasteiger partial charge in [-0.2, -0.15) is 0 Å². The van der Waals surface area contributed by atoms with Gasteiger partial charge in [-0.25, -0.2) is 0 Å². The SMILES string of the molecule is CC1(C)CN=C2CCCN2C1. The second-order valence-electron chi connectivity index (χ2n) is 4.42. The first-order chi connectivity index (χ1) is 5.17. The highest BCUT2D eigenvalue weighted by molar-refractivity contribution is 5.84. The third kappa shape index (κ3) is 1.26. The Labute approximate surface area is 68.3 Å². The molecule has 0 unspecified atom stereocenters. The second kappa shape index (κ2) is 2.23. The van der Waals surface area contributed by atoms with E-state index in [1.54, 1.807) is 0 Å². The van der Waals surface area contributed by atoms with Gasteiger partial charge in [-0.05, 0) is 6.42 Å². The van der Waals surface area contributed by atoms with E-state index in [-0.39, 0.29) is 0 Å². The maximum atomic E-state index is 4.59. The van der Waals surface area contributed by atoms with Gasteiger partial charge in [0.15, 0.2) is 0 Å². The molecule has 0 atom stereocenters. The summed E-state index contributed by atoms with van der Waals surface area (Å²) in [5, 5.41) is 0. The molecule has 0 amide bonds. The van der Waals surface area contributed by atoms with Crippen molar-refractivity contribution in [3.8, 4) is 0 Å². The fourth-order valence-corrected chi connectivity index (χ4v) is 1.94. The van der Waals surface area contributed by atoms with Gasteiger partial charge in [-0.3, -0.25) is 4.99 Å². The first-order valence-electron chi connectivity index (χ1n) is 4.46. The van der Waals surface area contributed by atoms with Gasteiger partial charge in [0.1, 0.15) is 0 Å². The molecule has 62 valence electrons. The molecule has 0 radical (unpaired) electrons. The number of amidine groups is 1. The van der Waals surface area contributed by atoms with Crippen LogP contribution in [0.15, 0.2) is 4.99 Å². The van der Waals surface area contributed by atoms with E-state index >= 15 is 0 Å². The quantitative estimate of drug-likeness (QED) is 0.514. The Bertz CT molecular complexity index is 194. The molecule has 0 aromatic rings. The normalized spacial score (nSPS) is 28.2. The van der Waals surface area contributed by atoms with Crippen molar-refractivity contribution >= 4 is 5.84 Å². The van der Waals surface area contributed by atoms with Crippen LogP contribution in [0.1, 0.15) is 26.7 Å². The summed E-state index contributed by atoms with van der Waals surface area (Å²) in [6.45, 7) is 8.07. The predicted octanol–water partition coefficient (Wildman–Crippen LogP) is 1.52. The van der Waals surface area contributed by atoms with Gasteiger partial charge in [0.25, 0.3) is 0 Å². The Hall–Kier alpha value is -0.530. The summed E-state index contributed by atoms with van der Waals surface area (Å²) in [5.74, 6) is 1.37. The van der Waals surface area contributed by atoms with E-state index in [0.29, 0.717) is 5.41 Å². The molecule has 2 aliphatic heterocycles. The van der Waals surface area contributed by atoms with Crippen LogP contribution in [0.5, 0.6) is 0 Å². The van der Waals surface area contributed by atoms with Crippen LogP contribution in [0.4, 0.5) is 0 Å². The topological polar surface area (TPSA) is 15.6 Å². The summed E-state index contributed by atoms with van der Waals surface area (Å²) in [6, 6.07) is 0. The van der Waals surface area contributed by atoms with Crippen LogP contribution in [0.2, 0.25) is 0 Å². The Morgan fingerprint density at radius 1 is 1.45 bits per heavy atom. The standard InChI is InChI=1S/C9H16N2/c1-9(2)6-10-8-4-3-5-11(8)7-9/h3-7H2,1-2H3. The summed E-state index contributed by atoms with van der Waals surface area (Å²) < 4.78 is 0. The molecule has 0 saturated carbocycles. The first-order valence-corrected chi connectivity index (χ1v) is 4.46. The van der Waals surface area contributed by atoms with Crippen LogP contribution >= 0.6 is 0 Å². The van der Waals surface area contributed by atoms with Gasteiger partial charge in [0.05, 0.1) is 5.84 Å². The summed E-state index contributed by atoms with van der Waals surface area (Å²) in [7, 11) is 0. The third-order valence-electron chi connectivity index (χ3n) is 2.50. The Morgan fingerprint density at radius 3 is 3.09 bits per heavy atom. The van der Waals surface area contributed by atoms with E-state index in [1.165, 1.54) is 31.8 Å². The molecule has 11 heavy (non-hydrogen) atoms. The molecule has 2 heterocycles. The second-order valence-corrected chi connectivity index (χ2v) is 4.42. The van der Waals surface area contributed by atoms with Gasteiger partial charge in [-0.15, -0.1) is 0 Å². The van der Waals surface area contributed by atoms with Crippen LogP contribution in [0.25, 0.3) is 0 Å². The number of rotatable bonds is 0. The molecular weight excluding hydrogens is 136 g/mol. The Morgan fingerprint density at radius 2 is 2.27 bits per heavy atom. The Balaban J connectivity index is 2.16. The van der Waals surface area contributed by atoms with Crippen LogP contribution in [-0.4, -0.2) is 30.4 Å². The van der Waals surface area contributed by atoms with Crippen molar-refractivity contribution in [2.75, 3.05) is 19.6 Å². The maximum Gasteiger partial charge on any atom is 0.0990 e. The monoisotopic (exact) mass is 152 g/mol. The van der Waals surface area contributed by atoms with Gasteiger partial charge in [0, 0.05) is 31.5 Å². The number of hydrogen-bond acceptors (Lipinski definition) is 2. The number of nitrogens with zero attached hydrogens (tertiary/aromatic N) is 2. The minimum atomic E-state index is 0.411. The highest BCUT2D eigenvalue weighted by atomic mass is 15.2. The molecule has 0 aliphatic carbocycles. The first kappa shape index (κ1) is 7.14. The number of hydrogen-bond donors (Lipinski definition) is 0. The van der Waals surface area contributed by atoms with Gasteiger partial charge in [-0.1, -0.05) is 13.8 Å². The molecular formula is C9H16N2. The number of aliphatic imine (C=N–C) groups is 1. The van der Waals surface area contributed by atoms with Crippen molar-refractivity contribution in [3.63, 3.8) is 0 Å². The fraction of sp³-hybridized carbons (Fsp3) is 0.889.